The Bertz CT molecular complexity index is 404. The number of benzene rings is 1. The lowest BCUT2D eigenvalue weighted by Gasteiger charge is -2.00. The van der Waals surface area contributed by atoms with Gasteiger partial charge in [0, 0.05) is 16.0 Å². The standard InChI is InChI=1S/C11H8BrN/c1-2-9-8-11(12)6-5-10(9)4-3-7-13/h5-6,8H,2H2,1H3. The summed E-state index contributed by atoms with van der Waals surface area (Å²) in [5.41, 5.74) is 2.10. The van der Waals surface area contributed by atoms with Crippen LogP contribution < -0.4 is 0 Å². The van der Waals surface area contributed by atoms with E-state index in [1.54, 1.807) is 0 Å². The topological polar surface area (TPSA) is 23.8 Å². The fourth-order valence-electron chi connectivity index (χ4n) is 1.07. The molecule has 0 N–H and O–H groups in total. The number of hydrogen-bond donors (Lipinski definition) is 0. The molecule has 0 aromatic heterocycles. The van der Waals surface area contributed by atoms with Crippen molar-refractivity contribution in [2.24, 2.45) is 0 Å². The number of nitrogens with zero attached hydrogens (tertiary/aromatic N) is 1. The van der Waals surface area contributed by atoms with Crippen LogP contribution in [-0.4, -0.2) is 0 Å². The van der Waals surface area contributed by atoms with Crippen molar-refractivity contribution in [3.05, 3.63) is 33.8 Å². The minimum Gasteiger partial charge on any atom is -0.183 e. The Hall–Kier alpha value is -1.25. The van der Waals surface area contributed by atoms with Crippen LogP contribution in [0.25, 0.3) is 0 Å². The van der Waals surface area contributed by atoms with E-state index >= 15 is 0 Å². The maximum absolute atomic E-state index is 8.31. The summed E-state index contributed by atoms with van der Waals surface area (Å²) < 4.78 is 1.05. The molecule has 0 unspecified atom stereocenters. The Labute approximate surface area is 86.5 Å². The van der Waals surface area contributed by atoms with Crippen molar-refractivity contribution in [1.82, 2.24) is 0 Å². The van der Waals surface area contributed by atoms with Crippen molar-refractivity contribution in [2.75, 3.05) is 0 Å². The first-order valence-electron chi connectivity index (χ1n) is 3.96. The molecule has 0 aliphatic rings. The normalized spacial score (nSPS) is 8.38. The zero-order chi connectivity index (χ0) is 9.68. The molecule has 0 aliphatic heterocycles. The molecule has 1 rings (SSSR count). The molecule has 1 aromatic rings. The van der Waals surface area contributed by atoms with Crippen molar-refractivity contribution in [2.45, 2.75) is 13.3 Å². The van der Waals surface area contributed by atoms with Gasteiger partial charge in [0.25, 0.3) is 0 Å². The number of nitriles is 1. The molecule has 1 nitrogen and oxygen atoms in total. The number of rotatable bonds is 1. The first-order chi connectivity index (χ1) is 6.27. The van der Waals surface area contributed by atoms with Gasteiger partial charge in [-0.05, 0) is 30.2 Å². The summed E-state index contributed by atoms with van der Waals surface area (Å²) in [6.07, 6.45) is 0.925. The zero-order valence-corrected chi connectivity index (χ0v) is 8.85. The second-order valence-electron chi connectivity index (χ2n) is 2.52. The first-order valence-corrected chi connectivity index (χ1v) is 4.75. The second kappa shape index (κ2) is 4.70. The van der Waals surface area contributed by atoms with Gasteiger partial charge >= 0.3 is 0 Å². The van der Waals surface area contributed by atoms with Gasteiger partial charge < -0.3 is 0 Å². The minimum absolute atomic E-state index is 0.925. The predicted octanol–water partition coefficient (Wildman–Crippen LogP) is 2.89. The van der Waals surface area contributed by atoms with Gasteiger partial charge in [-0.3, -0.25) is 0 Å². The Morgan fingerprint density at radius 3 is 2.85 bits per heavy atom. The Morgan fingerprint density at radius 1 is 1.46 bits per heavy atom. The highest BCUT2D eigenvalue weighted by molar-refractivity contribution is 9.10. The predicted molar refractivity (Wildman–Crippen MR) is 56.0 cm³/mol. The summed E-state index contributed by atoms with van der Waals surface area (Å²) in [7, 11) is 0. The fourth-order valence-corrected chi connectivity index (χ4v) is 1.48. The van der Waals surface area contributed by atoms with Gasteiger partial charge in [-0.1, -0.05) is 28.8 Å². The van der Waals surface area contributed by atoms with Gasteiger partial charge in [-0.25, -0.2) is 0 Å². The van der Waals surface area contributed by atoms with Gasteiger partial charge in [0.1, 0.15) is 0 Å². The Morgan fingerprint density at radius 2 is 2.23 bits per heavy atom. The number of aryl methyl sites for hydroxylation is 1. The van der Waals surface area contributed by atoms with Crippen LogP contribution in [0, 0.1) is 23.2 Å². The molecule has 13 heavy (non-hydrogen) atoms. The maximum Gasteiger partial charge on any atom is 0.152 e. The molecule has 0 bridgehead atoms. The molecule has 1 aromatic carbocycles. The van der Waals surface area contributed by atoms with Gasteiger partial charge in [0.2, 0.25) is 0 Å². The highest BCUT2D eigenvalue weighted by Crippen LogP contribution is 2.16. The molecule has 64 valence electrons. The summed E-state index contributed by atoms with van der Waals surface area (Å²) in [5, 5.41) is 8.31. The van der Waals surface area contributed by atoms with Crippen LogP contribution in [0.1, 0.15) is 18.1 Å². The average molecular weight is 234 g/mol. The third-order valence-electron chi connectivity index (χ3n) is 1.70. The SMILES string of the molecule is CCc1cc(Br)ccc1C#CC#N. The summed E-state index contributed by atoms with van der Waals surface area (Å²) in [5.74, 6) is 5.21. The van der Waals surface area contributed by atoms with Crippen LogP contribution in [0.3, 0.4) is 0 Å². The molecule has 0 saturated carbocycles. The molecule has 0 fully saturated rings. The maximum atomic E-state index is 8.31. The molecule has 0 amide bonds. The monoisotopic (exact) mass is 233 g/mol. The smallest absolute Gasteiger partial charge is 0.152 e. The lowest BCUT2D eigenvalue weighted by Crippen LogP contribution is -1.86. The van der Waals surface area contributed by atoms with E-state index in [0.717, 1.165) is 22.0 Å². The lowest BCUT2D eigenvalue weighted by molar-refractivity contribution is 1.13. The fraction of sp³-hybridized carbons (Fsp3) is 0.182. The molecule has 0 heterocycles. The lowest BCUT2D eigenvalue weighted by atomic mass is 10.1. The zero-order valence-electron chi connectivity index (χ0n) is 7.26. The van der Waals surface area contributed by atoms with E-state index in [4.69, 9.17) is 5.26 Å². The molecule has 0 atom stereocenters. The summed E-state index contributed by atoms with van der Waals surface area (Å²) in [6.45, 7) is 2.07. The largest absolute Gasteiger partial charge is 0.183 e. The van der Waals surface area contributed by atoms with E-state index in [0.29, 0.717) is 0 Å². The van der Waals surface area contributed by atoms with Crippen LogP contribution in [0.5, 0.6) is 0 Å². The first kappa shape index (κ1) is 9.84. The van der Waals surface area contributed by atoms with E-state index in [2.05, 4.69) is 34.7 Å². The summed E-state index contributed by atoms with van der Waals surface area (Å²) in [4.78, 5) is 0. The van der Waals surface area contributed by atoms with Crippen LogP contribution in [0.4, 0.5) is 0 Å². The molecule has 0 spiro atoms. The summed E-state index contributed by atoms with van der Waals surface area (Å²) >= 11 is 3.39. The Kier molecular flexibility index (Phi) is 3.55. The second-order valence-corrected chi connectivity index (χ2v) is 3.43. The average Bonchev–Trinajstić information content (AvgIpc) is 2.16. The van der Waals surface area contributed by atoms with E-state index in [-0.39, 0.29) is 0 Å². The van der Waals surface area contributed by atoms with Crippen LogP contribution in [0.2, 0.25) is 0 Å². The van der Waals surface area contributed by atoms with Crippen molar-refractivity contribution in [3.63, 3.8) is 0 Å². The van der Waals surface area contributed by atoms with Gasteiger partial charge in [-0.2, -0.15) is 5.26 Å². The van der Waals surface area contributed by atoms with E-state index in [1.165, 1.54) is 0 Å². The number of hydrogen-bond acceptors (Lipinski definition) is 1. The minimum atomic E-state index is 0.925. The molecule has 2 heteroatoms. The third-order valence-corrected chi connectivity index (χ3v) is 2.19. The molecule has 0 saturated heterocycles. The van der Waals surface area contributed by atoms with E-state index in [9.17, 15) is 0 Å². The van der Waals surface area contributed by atoms with E-state index < -0.39 is 0 Å². The highest BCUT2D eigenvalue weighted by Gasteiger charge is 1.97. The van der Waals surface area contributed by atoms with Crippen molar-refractivity contribution in [1.29, 1.82) is 5.26 Å². The molecular formula is C11H8BrN. The number of halogens is 1. The molecular weight excluding hydrogens is 226 g/mol. The molecule has 0 aliphatic carbocycles. The Balaban J connectivity index is 3.15. The van der Waals surface area contributed by atoms with Crippen molar-refractivity contribution < 1.29 is 0 Å². The van der Waals surface area contributed by atoms with Gasteiger partial charge in [0.05, 0.1) is 0 Å². The highest BCUT2D eigenvalue weighted by atomic mass is 79.9. The van der Waals surface area contributed by atoms with Crippen molar-refractivity contribution in [3.8, 4) is 17.9 Å². The van der Waals surface area contributed by atoms with Crippen LogP contribution in [0.15, 0.2) is 22.7 Å². The molecule has 0 radical (unpaired) electrons. The van der Waals surface area contributed by atoms with Crippen molar-refractivity contribution >= 4 is 15.9 Å². The van der Waals surface area contributed by atoms with E-state index in [1.807, 2.05) is 24.3 Å². The quantitative estimate of drug-likeness (QED) is 0.685. The van der Waals surface area contributed by atoms with Gasteiger partial charge in [-0.15, -0.1) is 0 Å². The van der Waals surface area contributed by atoms with Gasteiger partial charge in [0.15, 0.2) is 6.07 Å². The summed E-state index contributed by atoms with van der Waals surface area (Å²) in [6, 6.07) is 7.69. The third kappa shape index (κ3) is 2.61. The van der Waals surface area contributed by atoms with Crippen LogP contribution in [-0.2, 0) is 6.42 Å². The van der Waals surface area contributed by atoms with Crippen LogP contribution >= 0.6 is 15.9 Å².